The van der Waals surface area contributed by atoms with E-state index in [1.54, 1.807) is 0 Å². The number of anilines is 1. The zero-order chi connectivity index (χ0) is 26.8. The molecule has 0 saturated carbocycles. The van der Waals surface area contributed by atoms with Gasteiger partial charge in [0.15, 0.2) is 5.82 Å². The third kappa shape index (κ3) is 6.14. The van der Waals surface area contributed by atoms with Crippen LogP contribution in [-0.4, -0.2) is 58.2 Å². The first-order chi connectivity index (χ1) is 16.7. The van der Waals surface area contributed by atoms with E-state index < -0.39 is 50.1 Å². The van der Waals surface area contributed by atoms with Gasteiger partial charge in [-0.25, -0.2) is 18.4 Å². The van der Waals surface area contributed by atoms with Gasteiger partial charge < -0.3 is 15.4 Å². The van der Waals surface area contributed by atoms with E-state index in [1.807, 2.05) is 0 Å². The van der Waals surface area contributed by atoms with Crippen LogP contribution in [0.4, 0.5) is 27.9 Å². The molecule has 0 unspecified atom stereocenters. The van der Waals surface area contributed by atoms with Crippen molar-refractivity contribution in [1.82, 2.24) is 30.0 Å². The van der Waals surface area contributed by atoms with Crippen molar-refractivity contribution in [2.45, 2.75) is 30.0 Å². The molecular weight excluding hydrogens is 541 g/mol. The predicted octanol–water partition coefficient (Wildman–Crippen LogP) is 3.14. The van der Waals surface area contributed by atoms with E-state index in [1.165, 1.54) is 26.4 Å². The Hall–Kier alpha value is -3.60. The summed E-state index contributed by atoms with van der Waals surface area (Å²) in [6.45, 7) is 1.42. The largest absolute Gasteiger partial charge is 0.573 e. The van der Waals surface area contributed by atoms with Crippen molar-refractivity contribution in [3.8, 4) is 11.7 Å². The number of sulfone groups is 1. The first-order valence-corrected chi connectivity index (χ1v) is 11.5. The SMILES string of the molecule is CNc1nc([C@H](C)NC(=O)c2cc(OC(F)(F)F)cc(S(=O)(=O)C(F)F)c2)n(-c2ncc(Cl)cn2)n1. The number of nitrogens with zero attached hydrogens (tertiary/aromatic N) is 5. The van der Waals surface area contributed by atoms with E-state index in [0.717, 1.165) is 4.68 Å². The van der Waals surface area contributed by atoms with Gasteiger partial charge in [-0.2, -0.15) is 18.4 Å². The maximum Gasteiger partial charge on any atom is 0.573 e. The molecular formula is C18H15ClF5N7O4S. The molecule has 11 nitrogen and oxygen atoms in total. The van der Waals surface area contributed by atoms with Crippen molar-refractivity contribution >= 4 is 33.3 Å². The number of amides is 1. The van der Waals surface area contributed by atoms with E-state index in [0.29, 0.717) is 12.1 Å². The van der Waals surface area contributed by atoms with E-state index >= 15 is 0 Å². The van der Waals surface area contributed by atoms with Crippen molar-refractivity contribution in [2.24, 2.45) is 0 Å². The molecule has 1 aromatic carbocycles. The maximum absolute atomic E-state index is 13.0. The molecule has 0 aliphatic heterocycles. The summed E-state index contributed by atoms with van der Waals surface area (Å²) >= 11 is 5.78. The fraction of sp³-hybridized carbons (Fsp3) is 0.278. The lowest BCUT2D eigenvalue weighted by atomic mass is 10.2. The number of benzene rings is 1. The first-order valence-electron chi connectivity index (χ1n) is 9.57. The van der Waals surface area contributed by atoms with Gasteiger partial charge in [0.05, 0.1) is 28.4 Å². The van der Waals surface area contributed by atoms with Gasteiger partial charge in [0, 0.05) is 12.6 Å². The Morgan fingerprint density at radius 2 is 1.81 bits per heavy atom. The number of rotatable bonds is 8. The summed E-state index contributed by atoms with van der Waals surface area (Å²) in [6, 6.07) is 0.266. The van der Waals surface area contributed by atoms with Crippen LogP contribution in [0.1, 0.15) is 29.1 Å². The van der Waals surface area contributed by atoms with E-state index in [2.05, 4.69) is 35.4 Å². The number of ether oxygens (including phenoxy) is 1. The molecule has 0 bridgehead atoms. The number of alkyl halides is 5. The van der Waals surface area contributed by atoms with Crippen LogP contribution in [-0.2, 0) is 9.84 Å². The van der Waals surface area contributed by atoms with Crippen molar-refractivity contribution in [3.05, 3.63) is 47.0 Å². The second-order valence-corrected chi connectivity index (χ2v) is 9.25. The molecule has 2 aromatic heterocycles. The summed E-state index contributed by atoms with van der Waals surface area (Å²) < 4.78 is 92.6. The zero-order valence-corrected chi connectivity index (χ0v) is 19.7. The molecule has 0 radical (unpaired) electrons. The van der Waals surface area contributed by atoms with E-state index in [4.69, 9.17) is 11.6 Å². The second-order valence-electron chi connectivity index (χ2n) is 6.90. The number of nitrogens with one attached hydrogen (secondary N) is 2. The van der Waals surface area contributed by atoms with Gasteiger partial charge in [0.2, 0.25) is 15.8 Å². The van der Waals surface area contributed by atoms with Crippen molar-refractivity contribution in [3.63, 3.8) is 0 Å². The molecule has 194 valence electrons. The third-order valence-corrected chi connectivity index (χ3v) is 5.88. The molecule has 2 N–H and O–H groups in total. The highest BCUT2D eigenvalue weighted by molar-refractivity contribution is 7.91. The normalized spacial score (nSPS) is 12.9. The average Bonchev–Trinajstić information content (AvgIpc) is 3.22. The minimum Gasteiger partial charge on any atom is -0.406 e. The molecule has 1 atom stereocenters. The highest BCUT2D eigenvalue weighted by Gasteiger charge is 2.34. The molecule has 0 aliphatic carbocycles. The Bertz CT molecular complexity index is 1370. The molecule has 3 rings (SSSR count). The van der Waals surface area contributed by atoms with Gasteiger partial charge in [-0.05, 0) is 25.1 Å². The van der Waals surface area contributed by atoms with Crippen molar-refractivity contribution in [2.75, 3.05) is 12.4 Å². The molecule has 3 aromatic rings. The Labute approximate surface area is 204 Å². The summed E-state index contributed by atoms with van der Waals surface area (Å²) in [5.74, 6) is -6.11. The predicted molar refractivity (Wildman–Crippen MR) is 114 cm³/mol. The highest BCUT2D eigenvalue weighted by atomic mass is 35.5. The standard InChI is InChI=1S/C18H15ClF5N7O4S/c1-8(13-29-16(25-2)30-31(13)17-26-6-10(19)7-27-17)28-14(32)9-3-11(35-18(22,23)24)5-12(4-9)36(33,34)15(20)21/h3-8,15H,1-2H3,(H,25,30)(H,28,32)/t8-/m0/s1. The third-order valence-electron chi connectivity index (χ3n) is 4.33. The molecule has 0 aliphatic rings. The Balaban J connectivity index is 1.98. The lowest BCUT2D eigenvalue weighted by Gasteiger charge is -2.16. The van der Waals surface area contributed by atoms with Crippen LogP contribution in [0.25, 0.3) is 5.95 Å². The molecule has 18 heteroatoms. The number of carbonyl (C=O) groups is 1. The van der Waals surface area contributed by atoms with E-state index in [9.17, 15) is 35.2 Å². The minimum absolute atomic E-state index is 0.00962. The first kappa shape index (κ1) is 27.0. The molecule has 1 amide bonds. The van der Waals surface area contributed by atoms with Crippen LogP contribution in [0.5, 0.6) is 5.75 Å². The second kappa shape index (κ2) is 10.2. The topological polar surface area (TPSA) is 141 Å². The molecule has 0 fully saturated rings. The van der Waals surface area contributed by atoms with Crippen LogP contribution in [0.15, 0.2) is 35.5 Å². The summed E-state index contributed by atoms with van der Waals surface area (Å²) in [6.07, 6.45) is -2.74. The Morgan fingerprint density at radius 1 is 1.17 bits per heavy atom. The smallest absolute Gasteiger partial charge is 0.406 e. The Kier molecular flexibility index (Phi) is 7.63. The molecule has 0 spiro atoms. The summed E-state index contributed by atoms with van der Waals surface area (Å²) in [5, 5.41) is 9.40. The summed E-state index contributed by atoms with van der Waals surface area (Å²) in [4.78, 5) is 23.7. The highest BCUT2D eigenvalue weighted by Crippen LogP contribution is 2.29. The fourth-order valence-electron chi connectivity index (χ4n) is 2.78. The lowest BCUT2D eigenvalue weighted by molar-refractivity contribution is -0.274. The summed E-state index contributed by atoms with van der Waals surface area (Å²) in [7, 11) is -3.85. The van der Waals surface area contributed by atoms with Crippen molar-refractivity contribution in [1.29, 1.82) is 0 Å². The van der Waals surface area contributed by atoms with Gasteiger partial charge in [-0.1, -0.05) is 11.6 Å². The monoisotopic (exact) mass is 555 g/mol. The van der Waals surface area contributed by atoms with Gasteiger partial charge in [0.25, 0.3) is 11.9 Å². The van der Waals surface area contributed by atoms with Crippen LogP contribution in [0, 0.1) is 0 Å². The number of hydrogen-bond donors (Lipinski definition) is 2. The number of carbonyl (C=O) groups excluding carboxylic acids is 1. The van der Waals surface area contributed by atoms with Crippen LogP contribution in [0.3, 0.4) is 0 Å². The zero-order valence-electron chi connectivity index (χ0n) is 18.1. The molecule has 36 heavy (non-hydrogen) atoms. The van der Waals surface area contributed by atoms with Gasteiger partial charge >= 0.3 is 12.1 Å². The van der Waals surface area contributed by atoms with Crippen LogP contribution in [0.2, 0.25) is 5.02 Å². The molecule has 0 saturated heterocycles. The average molecular weight is 556 g/mol. The Morgan fingerprint density at radius 3 is 2.36 bits per heavy atom. The number of hydrogen-bond acceptors (Lipinski definition) is 9. The number of halogens is 6. The van der Waals surface area contributed by atoms with Gasteiger partial charge in [-0.15, -0.1) is 18.3 Å². The lowest BCUT2D eigenvalue weighted by Crippen LogP contribution is -2.29. The van der Waals surface area contributed by atoms with Gasteiger partial charge in [-0.3, -0.25) is 4.79 Å². The van der Waals surface area contributed by atoms with Gasteiger partial charge in [0.1, 0.15) is 5.75 Å². The maximum atomic E-state index is 13.0. The van der Waals surface area contributed by atoms with Crippen LogP contribution < -0.4 is 15.4 Å². The molecule has 2 heterocycles. The summed E-state index contributed by atoms with van der Waals surface area (Å²) in [5.41, 5.74) is -0.703. The fourth-order valence-corrected chi connectivity index (χ4v) is 3.65. The van der Waals surface area contributed by atoms with E-state index in [-0.39, 0.29) is 28.8 Å². The minimum atomic E-state index is -5.36. The van der Waals surface area contributed by atoms with Crippen molar-refractivity contribution < 1.29 is 39.9 Å². The number of aromatic nitrogens is 5. The quantitative estimate of drug-likeness (QED) is 0.401. The van der Waals surface area contributed by atoms with Crippen LogP contribution >= 0.6 is 11.6 Å².